The lowest BCUT2D eigenvalue weighted by Crippen LogP contribution is -2.62. The molecule has 0 aliphatic carbocycles. The van der Waals surface area contributed by atoms with Gasteiger partial charge in [-0.15, -0.1) is 0 Å². The Bertz CT molecular complexity index is 901. The highest BCUT2D eigenvalue weighted by molar-refractivity contribution is 8.14. The van der Waals surface area contributed by atoms with Crippen LogP contribution in [0.25, 0.3) is 0 Å². The first-order chi connectivity index (χ1) is 15.3. The zero-order valence-electron chi connectivity index (χ0n) is 19.0. The summed E-state index contributed by atoms with van der Waals surface area (Å²) in [6.07, 6.45) is -1.40. The number of ether oxygens (including phenoxy) is 3. The molecule has 172 valence electrons. The smallest absolute Gasteiger partial charge is 0.161 e. The van der Waals surface area contributed by atoms with Crippen molar-refractivity contribution < 1.29 is 19.3 Å². The van der Waals surface area contributed by atoms with Crippen LogP contribution < -0.4 is 0 Å². The number of hydrogen-bond donors (Lipinski definition) is 1. The Hall–Kier alpha value is -1.90. The first kappa shape index (κ1) is 23.3. The van der Waals surface area contributed by atoms with Crippen LogP contribution in [0.1, 0.15) is 25.0 Å². The van der Waals surface area contributed by atoms with E-state index in [1.807, 2.05) is 79.7 Å². The summed E-state index contributed by atoms with van der Waals surface area (Å²) in [4.78, 5) is 6.90. The van der Waals surface area contributed by atoms with E-state index in [-0.39, 0.29) is 17.6 Å². The highest BCUT2D eigenvalue weighted by atomic mass is 32.2. The number of aliphatic hydroxyl groups is 1. The van der Waals surface area contributed by atoms with E-state index in [9.17, 15) is 5.11 Å². The minimum Gasteiger partial charge on any atom is -0.388 e. The van der Waals surface area contributed by atoms with Crippen LogP contribution in [-0.2, 0) is 27.4 Å². The van der Waals surface area contributed by atoms with E-state index in [2.05, 4.69) is 0 Å². The van der Waals surface area contributed by atoms with Gasteiger partial charge in [-0.05, 0) is 25.0 Å². The number of nitrogens with zero attached hydrogens (tertiary/aromatic N) is 2. The standard InChI is InChI=1S/C25H32N2O4S/c1-25(2,28)22-21(30-16-18-13-9-6-10-14-18)20(29-15-17-11-7-5-8-12-17)19-23(31-22)32-24(26-19)27(3)4/h5-14,19-23,28H,15-16H2,1-4H3. The summed E-state index contributed by atoms with van der Waals surface area (Å²) in [7, 11) is 3.94. The molecule has 1 fully saturated rings. The molecular weight excluding hydrogens is 424 g/mol. The Kier molecular flexibility index (Phi) is 7.22. The number of thioether (sulfide) groups is 1. The molecule has 7 heteroatoms. The summed E-state index contributed by atoms with van der Waals surface area (Å²) in [5.41, 5.74) is 0.798. The lowest BCUT2D eigenvalue weighted by atomic mass is 9.88. The second kappa shape index (κ2) is 9.93. The van der Waals surface area contributed by atoms with Gasteiger partial charge in [0, 0.05) is 14.1 Å². The molecule has 6 nitrogen and oxygen atoms in total. The van der Waals surface area contributed by atoms with Gasteiger partial charge in [0.15, 0.2) is 5.17 Å². The van der Waals surface area contributed by atoms with E-state index in [1.165, 1.54) is 0 Å². The zero-order chi connectivity index (χ0) is 22.7. The summed E-state index contributed by atoms with van der Waals surface area (Å²) in [6, 6.07) is 19.9. The SMILES string of the molecule is CN(C)C1=NC2C(OC(C(C)(C)O)C(OCc3ccccc3)C2OCc2ccccc2)S1. The highest BCUT2D eigenvalue weighted by Gasteiger charge is 2.54. The number of benzene rings is 2. The second-order valence-electron chi connectivity index (χ2n) is 9.02. The van der Waals surface area contributed by atoms with Crippen LogP contribution in [-0.4, -0.2) is 64.7 Å². The van der Waals surface area contributed by atoms with Gasteiger partial charge in [0.1, 0.15) is 29.8 Å². The van der Waals surface area contributed by atoms with Crippen LogP contribution in [0.3, 0.4) is 0 Å². The largest absolute Gasteiger partial charge is 0.388 e. The second-order valence-corrected chi connectivity index (χ2v) is 10.1. The van der Waals surface area contributed by atoms with Gasteiger partial charge in [-0.1, -0.05) is 72.4 Å². The van der Waals surface area contributed by atoms with Crippen molar-refractivity contribution in [3.05, 3.63) is 71.8 Å². The van der Waals surface area contributed by atoms with Crippen molar-refractivity contribution in [1.82, 2.24) is 4.90 Å². The minimum absolute atomic E-state index is 0.222. The van der Waals surface area contributed by atoms with Gasteiger partial charge in [-0.2, -0.15) is 0 Å². The molecule has 4 rings (SSSR count). The van der Waals surface area contributed by atoms with Gasteiger partial charge in [-0.3, -0.25) is 4.99 Å². The van der Waals surface area contributed by atoms with E-state index < -0.39 is 17.8 Å². The molecule has 5 atom stereocenters. The van der Waals surface area contributed by atoms with Crippen LogP contribution >= 0.6 is 11.8 Å². The Labute approximate surface area is 194 Å². The number of amidine groups is 1. The van der Waals surface area contributed by atoms with Crippen molar-refractivity contribution in [2.24, 2.45) is 4.99 Å². The normalized spacial score (nSPS) is 27.7. The number of rotatable bonds is 7. The molecule has 2 aromatic carbocycles. The van der Waals surface area contributed by atoms with E-state index >= 15 is 0 Å². The number of fused-ring (bicyclic) bond motifs is 1. The average molecular weight is 457 g/mol. The summed E-state index contributed by atoms with van der Waals surface area (Å²) in [5, 5.41) is 11.9. The minimum atomic E-state index is -1.11. The zero-order valence-corrected chi connectivity index (χ0v) is 19.9. The molecule has 0 aromatic heterocycles. The van der Waals surface area contributed by atoms with Crippen LogP contribution in [0.5, 0.6) is 0 Å². The third kappa shape index (κ3) is 5.35. The summed E-state index contributed by atoms with van der Waals surface area (Å²) in [5.74, 6) is 0. The predicted molar refractivity (Wildman–Crippen MR) is 127 cm³/mol. The first-order valence-corrected chi connectivity index (χ1v) is 11.8. The van der Waals surface area contributed by atoms with Crippen molar-refractivity contribution in [2.45, 2.75) is 62.5 Å². The van der Waals surface area contributed by atoms with Crippen LogP contribution in [0.4, 0.5) is 0 Å². The summed E-state index contributed by atoms with van der Waals surface area (Å²) >= 11 is 1.57. The van der Waals surface area contributed by atoms with Crippen molar-refractivity contribution in [1.29, 1.82) is 0 Å². The van der Waals surface area contributed by atoms with Crippen LogP contribution in [0.2, 0.25) is 0 Å². The molecule has 0 bridgehead atoms. The van der Waals surface area contributed by atoms with Gasteiger partial charge in [0.2, 0.25) is 0 Å². The van der Waals surface area contributed by atoms with Crippen molar-refractivity contribution in [3.63, 3.8) is 0 Å². The monoisotopic (exact) mass is 456 g/mol. The maximum atomic E-state index is 11.0. The molecule has 2 aromatic rings. The van der Waals surface area contributed by atoms with Gasteiger partial charge < -0.3 is 24.2 Å². The van der Waals surface area contributed by atoms with Crippen molar-refractivity contribution in [2.75, 3.05) is 14.1 Å². The molecule has 2 aliphatic heterocycles. The van der Waals surface area contributed by atoms with Gasteiger partial charge >= 0.3 is 0 Å². The molecule has 0 radical (unpaired) electrons. The fraction of sp³-hybridized carbons (Fsp3) is 0.480. The molecule has 1 N–H and O–H groups in total. The quantitative estimate of drug-likeness (QED) is 0.686. The fourth-order valence-electron chi connectivity index (χ4n) is 4.02. The maximum Gasteiger partial charge on any atom is 0.161 e. The van der Waals surface area contributed by atoms with Crippen molar-refractivity contribution in [3.8, 4) is 0 Å². The Balaban J connectivity index is 1.62. The van der Waals surface area contributed by atoms with E-state index in [4.69, 9.17) is 19.2 Å². The fourth-order valence-corrected chi connectivity index (χ4v) is 5.15. The highest BCUT2D eigenvalue weighted by Crippen LogP contribution is 2.42. The lowest BCUT2D eigenvalue weighted by Gasteiger charge is -2.46. The topological polar surface area (TPSA) is 63.5 Å². The predicted octanol–water partition coefficient (Wildman–Crippen LogP) is 3.69. The lowest BCUT2D eigenvalue weighted by molar-refractivity contribution is -0.237. The summed E-state index contributed by atoms with van der Waals surface area (Å²) in [6.45, 7) is 4.37. The third-order valence-electron chi connectivity index (χ3n) is 5.65. The first-order valence-electron chi connectivity index (χ1n) is 10.9. The molecule has 2 aliphatic rings. The van der Waals surface area contributed by atoms with Crippen LogP contribution in [0, 0.1) is 0 Å². The van der Waals surface area contributed by atoms with E-state index in [0.717, 1.165) is 16.3 Å². The molecule has 0 spiro atoms. The Morgan fingerprint density at radius 2 is 1.47 bits per heavy atom. The third-order valence-corrected chi connectivity index (χ3v) is 6.95. The van der Waals surface area contributed by atoms with E-state index in [1.54, 1.807) is 25.6 Å². The van der Waals surface area contributed by atoms with Gasteiger partial charge in [-0.25, -0.2) is 0 Å². The molecule has 32 heavy (non-hydrogen) atoms. The molecule has 1 saturated heterocycles. The summed E-state index contributed by atoms with van der Waals surface area (Å²) < 4.78 is 19.3. The molecule has 0 amide bonds. The van der Waals surface area contributed by atoms with Crippen LogP contribution in [0.15, 0.2) is 65.7 Å². The molecule has 0 saturated carbocycles. The van der Waals surface area contributed by atoms with Crippen molar-refractivity contribution >= 4 is 16.9 Å². The molecule has 5 unspecified atom stereocenters. The molecule has 2 heterocycles. The molecular formula is C25H32N2O4S. The maximum absolute atomic E-state index is 11.0. The number of aliphatic imine (C=N–C) groups is 1. The average Bonchev–Trinajstić information content (AvgIpc) is 3.21. The van der Waals surface area contributed by atoms with Gasteiger partial charge in [0.25, 0.3) is 0 Å². The Morgan fingerprint density at radius 3 is 1.97 bits per heavy atom. The number of hydrogen-bond acceptors (Lipinski definition) is 7. The van der Waals surface area contributed by atoms with Gasteiger partial charge in [0.05, 0.1) is 18.8 Å². The Morgan fingerprint density at radius 1 is 0.938 bits per heavy atom. The van der Waals surface area contributed by atoms with E-state index in [0.29, 0.717) is 13.2 Å².